The summed E-state index contributed by atoms with van der Waals surface area (Å²) in [6.07, 6.45) is 2.21. The molecular weight excluding hydrogens is 238 g/mol. The van der Waals surface area contributed by atoms with Gasteiger partial charge < -0.3 is 10.1 Å². The molecule has 4 heteroatoms. The first kappa shape index (κ1) is 16.2. The zero-order valence-electron chi connectivity index (χ0n) is 13.3. The number of methoxy groups -OCH3 is 1. The quantitative estimate of drug-likeness (QED) is 0.787. The summed E-state index contributed by atoms with van der Waals surface area (Å²) >= 11 is 0. The van der Waals surface area contributed by atoms with Crippen molar-refractivity contribution in [2.45, 2.75) is 46.6 Å². The predicted octanol–water partition coefficient (Wildman–Crippen LogP) is 2.75. The molecule has 1 rings (SSSR count). The Labute approximate surface area is 117 Å². The van der Waals surface area contributed by atoms with Gasteiger partial charge in [0.1, 0.15) is 0 Å². The molecule has 1 aromatic rings. The summed E-state index contributed by atoms with van der Waals surface area (Å²) in [5.74, 6) is 0.535. The van der Waals surface area contributed by atoms with Crippen LogP contribution in [-0.4, -0.2) is 30.0 Å². The number of rotatable bonds is 8. The van der Waals surface area contributed by atoms with E-state index in [0.717, 1.165) is 31.7 Å². The van der Waals surface area contributed by atoms with Gasteiger partial charge in [0.05, 0.1) is 5.69 Å². The van der Waals surface area contributed by atoms with Crippen LogP contribution in [0.3, 0.4) is 0 Å². The van der Waals surface area contributed by atoms with Gasteiger partial charge in [-0.25, -0.2) is 0 Å². The Kier molecular flexibility index (Phi) is 6.52. The average molecular weight is 267 g/mol. The number of hydrogen-bond acceptors (Lipinski definition) is 3. The third-order valence-electron chi connectivity index (χ3n) is 3.84. The largest absolute Gasteiger partial charge is 0.385 e. The highest BCUT2D eigenvalue weighted by Gasteiger charge is 2.24. The summed E-state index contributed by atoms with van der Waals surface area (Å²) in [7, 11) is 3.78. The maximum atomic E-state index is 5.22. The van der Waals surface area contributed by atoms with E-state index < -0.39 is 0 Å². The highest BCUT2D eigenvalue weighted by molar-refractivity contribution is 5.28. The monoisotopic (exact) mass is 267 g/mol. The maximum Gasteiger partial charge on any atom is 0.0644 e. The minimum Gasteiger partial charge on any atom is -0.385 e. The van der Waals surface area contributed by atoms with Crippen LogP contribution in [0.15, 0.2) is 0 Å². The van der Waals surface area contributed by atoms with Crippen LogP contribution in [0.4, 0.5) is 0 Å². The van der Waals surface area contributed by atoms with Crippen molar-refractivity contribution in [3.05, 3.63) is 17.0 Å². The molecule has 0 fully saturated rings. The van der Waals surface area contributed by atoms with Gasteiger partial charge in [-0.2, -0.15) is 5.10 Å². The molecule has 2 unspecified atom stereocenters. The van der Waals surface area contributed by atoms with Crippen LogP contribution >= 0.6 is 0 Å². The summed E-state index contributed by atoms with van der Waals surface area (Å²) in [5.41, 5.74) is 3.76. The van der Waals surface area contributed by atoms with Gasteiger partial charge in [-0.3, -0.25) is 4.68 Å². The number of nitrogens with one attached hydrogen (secondary N) is 1. The fourth-order valence-electron chi connectivity index (χ4n) is 2.60. The molecule has 0 saturated heterocycles. The van der Waals surface area contributed by atoms with Crippen molar-refractivity contribution in [2.24, 2.45) is 13.0 Å². The molecule has 1 aromatic heterocycles. The van der Waals surface area contributed by atoms with Crippen LogP contribution in [0.1, 0.15) is 49.7 Å². The smallest absolute Gasteiger partial charge is 0.0644 e. The highest BCUT2D eigenvalue weighted by atomic mass is 16.5. The Bertz CT molecular complexity index is 387. The molecule has 0 aliphatic heterocycles. The molecule has 0 radical (unpaired) electrons. The van der Waals surface area contributed by atoms with E-state index in [4.69, 9.17) is 4.74 Å². The summed E-state index contributed by atoms with van der Waals surface area (Å²) in [5, 5.41) is 8.23. The molecular formula is C15H29N3O. The lowest BCUT2D eigenvalue weighted by atomic mass is 9.90. The van der Waals surface area contributed by atoms with Crippen molar-refractivity contribution in [1.82, 2.24) is 15.1 Å². The lowest BCUT2D eigenvalue weighted by Crippen LogP contribution is -2.29. The van der Waals surface area contributed by atoms with Crippen LogP contribution in [0, 0.1) is 19.8 Å². The van der Waals surface area contributed by atoms with Crippen LogP contribution in [0.2, 0.25) is 0 Å². The molecule has 0 spiro atoms. The van der Waals surface area contributed by atoms with Gasteiger partial charge in [-0.05, 0) is 39.2 Å². The van der Waals surface area contributed by atoms with E-state index in [-0.39, 0.29) is 0 Å². The first-order valence-corrected chi connectivity index (χ1v) is 7.25. The third kappa shape index (κ3) is 4.05. The topological polar surface area (TPSA) is 39.1 Å². The second-order valence-corrected chi connectivity index (χ2v) is 5.40. The number of nitrogens with zero attached hydrogens (tertiary/aromatic N) is 2. The minimum atomic E-state index is 0.365. The van der Waals surface area contributed by atoms with E-state index in [0.29, 0.717) is 12.0 Å². The van der Waals surface area contributed by atoms with Crippen LogP contribution in [-0.2, 0) is 11.8 Å². The van der Waals surface area contributed by atoms with Crippen molar-refractivity contribution < 1.29 is 4.74 Å². The molecule has 2 atom stereocenters. The van der Waals surface area contributed by atoms with Crippen molar-refractivity contribution >= 4 is 0 Å². The summed E-state index contributed by atoms with van der Waals surface area (Å²) in [6.45, 7) is 10.6. The predicted molar refractivity (Wildman–Crippen MR) is 79.4 cm³/mol. The van der Waals surface area contributed by atoms with Gasteiger partial charge in [0, 0.05) is 38.1 Å². The first-order valence-electron chi connectivity index (χ1n) is 7.25. The Balaban J connectivity index is 2.94. The number of hydrogen-bond donors (Lipinski definition) is 1. The van der Waals surface area contributed by atoms with Crippen LogP contribution < -0.4 is 5.32 Å². The van der Waals surface area contributed by atoms with Gasteiger partial charge in [0.2, 0.25) is 0 Å². The molecule has 0 saturated carbocycles. The van der Waals surface area contributed by atoms with E-state index in [1.807, 2.05) is 11.7 Å². The van der Waals surface area contributed by atoms with E-state index in [9.17, 15) is 0 Å². The minimum absolute atomic E-state index is 0.365. The van der Waals surface area contributed by atoms with E-state index in [2.05, 4.69) is 38.1 Å². The van der Waals surface area contributed by atoms with Gasteiger partial charge in [-0.1, -0.05) is 13.8 Å². The molecule has 19 heavy (non-hydrogen) atoms. The zero-order chi connectivity index (χ0) is 14.4. The van der Waals surface area contributed by atoms with Gasteiger partial charge in [0.25, 0.3) is 0 Å². The van der Waals surface area contributed by atoms with Crippen molar-refractivity contribution in [1.29, 1.82) is 0 Å². The van der Waals surface area contributed by atoms with E-state index >= 15 is 0 Å². The first-order chi connectivity index (χ1) is 9.02. The van der Waals surface area contributed by atoms with Crippen LogP contribution in [0.25, 0.3) is 0 Å². The molecule has 0 aromatic carbocycles. The molecule has 4 nitrogen and oxygen atoms in total. The van der Waals surface area contributed by atoms with Crippen molar-refractivity contribution in [3.63, 3.8) is 0 Å². The van der Waals surface area contributed by atoms with Gasteiger partial charge >= 0.3 is 0 Å². The summed E-state index contributed by atoms with van der Waals surface area (Å²) in [4.78, 5) is 0. The van der Waals surface area contributed by atoms with E-state index in [1.54, 1.807) is 7.11 Å². The molecule has 1 N–H and O–H groups in total. The number of aryl methyl sites for hydroxylation is 2. The lowest BCUT2D eigenvalue weighted by Gasteiger charge is -2.26. The number of ether oxygens (including phenoxy) is 1. The van der Waals surface area contributed by atoms with Gasteiger partial charge in [-0.15, -0.1) is 0 Å². The third-order valence-corrected chi connectivity index (χ3v) is 3.84. The second-order valence-electron chi connectivity index (χ2n) is 5.40. The Morgan fingerprint density at radius 1 is 1.37 bits per heavy atom. The van der Waals surface area contributed by atoms with Gasteiger partial charge in [0.15, 0.2) is 0 Å². The second kappa shape index (κ2) is 7.65. The van der Waals surface area contributed by atoms with Crippen molar-refractivity contribution in [2.75, 3.05) is 20.3 Å². The normalized spacial score (nSPS) is 14.6. The van der Waals surface area contributed by atoms with Crippen molar-refractivity contribution in [3.8, 4) is 0 Å². The molecule has 110 valence electrons. The van der Waals surface area contributed by atoms with E-state index in [1.165, 1.54) is 11.3 Å². The molecule has 0 aliphatic rings. The average Bonchev–Trinajstić information content (AvgIpc) is 2.63. The molecule has 0 aliphatic carbocycles. The molecule has 1 heterocycles. The Morgan fingerprint density at radius 3 is 2.53 bits per heavy atom. The lowest BCUT2D eigenvalue weighted by molar-refractivity contribution is 0.170. The highest BCUT2D eigenvalue weighted by Crippen LogP contribution is 2.29. The Hall–Kier alpha value is -0.870. The Morgan fingerprint density at radius 2 is 2.05 bits per heavy atom. The fraction of sp³-hybridized carbons (Fsp3) is 0.800. The van der Waals surface area contributed by atoms with Crippen LogP contribution in [0.5, 0.6) is 0 Å². The molecule has 0 bridgehead atoms. The summed E-state index contributed by atoms with van der Waals surface area (Å²) in [6, 6.07) is 0.365. The standard InChI is InChI=1S/C15H29N3O/c1-7-9-16-15(11(2)8-10-19-6)14-12(3)17-18(5)13(14)4/h11,15-16H,7-10H2,1-6H3. The fourth-order valence-corrected chi connectivity index (χ4v) is 2.60. The molecule has 0 amide bonds. The number of aromatic nitrogens is 2. The summed E-state index contributed by atoms with van der Waals surface area (Å²) < 4.78 is 7.20. The maximum absolute atomic E-state index is 5.22. The zero-order valence-corrected chi connectivity index (χ0v) is 13.3. The SMILES string of the molecule is CCCNC(c1c(C)nn(C)c1C)C(C)CCOC.